The summed E-state index contributed by atoms with van der Waals surface area (Å²) >= 11 is 0. The molecule has 6 nitrogen and oxygen atoms in total. The van der Waals surface area contributed by atoms with Crippen molar-refractivity contribution in [3.8, 4) is 34.1 Å². The fourth-order valence-electron chi connectivity index (χ4n) is 3.02. The molecule has 0 saturated carbocycles. The molecule has 0 saturated heterocycles. The largest absolute Gasteiger partial charge is 0.504 e. The van der Waals surface area contributed by atoms with Gasteiger partial charge in [0.1, 0.15) is 6.61 Å². The molecule has 1 aliphatic heterocycles. The van der Waals surface area contributed by atoms with E-state index in [1.807, 2.05) is 0 Å². The Morgan fingerprint density at radius 1 is 0.833 bits per heavy atom. The van der Waals surface area contributed by atoms with Gasteiger partial charge in [-0.2, -0.15) is 0 Å². The second-order valence-electron chi connectivity index (χ2n) is 5.62. The van der Waals surface area contributed by atoms with Crippen molar-refractivity contribution in [2.75, 3.05) is 0 Å². The zero-order valence-corrected chi connectivity index (χ0v) is 12.3. The third kappa shape index (κ3) is 1.93. The Hall–Kier alpha value is -3.41. The van der Waals surface area contributed by atoms with Gasteiger partial charge in [-0.15, -0.1) is 0 Å². The molecule has 0 fully saturated rings. The monoisotopic (exact) mass is 324 g/mol. The zero-order valence-electron chi connectivity index (χ0n) is 12.3. The van der Waals surface area contributed by atoms with Crippen molar-refractivity contribution in [2.24, 2.45) is 0 Å². The lowest BCUT2D eigenvalue weighted by molar-refractivity contribution is 0.0535. The van der Waals surface area contributed by atoms with E-state index in [1.54, 1.807) is 12.1 Å². The van der Waals surface area contributed by atoms with Crippen LogP contribution in [0.1, 0.15) is 15.9 Å². The Bertz CT molecular complexity index is 1020. The van der Waals surface area contributed by atoms with Gasteiger partial charge in [0, 0.05) is 5.56 Å². The summed E-state index contributed by atoms with van der Waals surface area (Å²) in [6.07, 6.45) is 0. The maximum Gasteiger partial charge on any atom is 0.338 e. The molecule has 4 N–H and O–H groups in total. The van der Waals surface area contributed by atoms with E-state index in [9.17, 15) is 25.2 Å². The number of esters is 1. The minimum absolute atomic E-state index is 0.0721. The molecule has 1 heterocycles. The van der Waals surface area contributed by atoms with Crippen molar-refractivity contribution in [1.82, 2.24) is 0 Å². The highest BCUT2D eigenvalue weighted by atomic mass is 16.5. The number of cyclic esters (lactones) is 1. The predicted octanol–water partition coefficient (Wildman–Crippen LogP) is 3.00. The fraction of sp³-hybridized carbons (Fsp3) is 0.0556. The number of aromatic hydroxyl groups is 4. The van der Waals surface area contributed by atoms with Crippen LogP contribution in [0.2, 0.25) is 0 Å². The summed E-state index contributed by atoms with van der Waals surface area (Å²) < 4.78 is 5.10. The molecular formula is C18H12O6. The molecule has 4 rings (SSSR count). The van der Waals surface area contributed by atoms with Crippen LogP contribution in [-0.4, -0.2) is 26.4 Å². The SMILES string of the molecule is O=C1OCc2c1cc1cc(O)c(O)cc1c2-c1ccc(O)c(O)c1. The summed E-state index contributed by atoms with van der Waals surface area (Å²) in [6.45, 7) is 0.0721. The highest BCUT2D eigenvalue weighted by molar-refractivity contribution is 6.08. The first-order chi connectivity index (χ1) is 11.5. The molecule has 6 heteroatoms. The number of ether oxygens (including phenoxy) is 1. The molecule has 0 spiro atoms. The summed E-state index contributed by atoms with van der Waals surface area (Å²) in [5, 5.41) is 40.0. The summed E-state index contributed by atoms with van der Waals surface area (Å²) in [7, 11) is 0. The van der Waals surface area contributed by atoms with Gasteiger partial charge in [0.2, 0.25) is 0 Å². The second-order valence-corrected chi connectivity index (χ2v) is 5.62. The summed E-state index contributed by atoms with van der Waals surface area (Å²) in [5.41, 5.74) is 2.15. The van der Waals surface area contributed by atoms with Gasteiger partial charge in [0.15, 0.2) is 23.0 Å². The molecule has 0 aromatic heterocycles. The summed E-state index contributed by atoms with van der Waals surface area (Å²) in [5.74, 6) is -1.62. The number of phenols is 4. The number of carbonyl (C=O) groups excluding carboxylic acids is 1. The van der Waals surface area contributed by atoms with Gasteiger partial charge in [0.25, 0.3) is 0 Å². The lowest BCUT2D eigenvalue weighted by atomic mass is 9.90. The predicted molar refractivity (Wildman–Crippen MR) is 85.2 cm³/mol. The first kappa shape index (κ1) is 14.2. The maximum atomic E-state index is 11.9. The first-order valence-electron chi connectivity index (χ1n) is 7.16. The van der Waals surface area contributed by atoms with Crippen LogP contribution in [0.25, 0.3) is 21.9 Å². The van der Waals surface area contributed by atoms with Gasteiger partial charge in [-0.25, -0.2) is 4.79 Å². The second kappa shape index (κ2) is 4.79. The van der Waals surface area contributed by atoms with Crippen molar-refractivity contribution in [1.29, 1.82) is 0 Å². The Morgan fingerprint density at radius 2 is 1.54 bits per heavy atom. The van der Waals surface area contributed by atoms with E-state index in [2.05, 4.69) is 0 Å². The molecule has 24 heavy (non-hydrogen) atoms. The molecule has 0 amide bonds. The van der Waals surface area contributed by atoms with Gasteiger partial charge in [-0.05, 0) is 52.2 Å². The number of carbonyl (C=O) groups is 1. The van der Waals surface area contributed by atoms with Crippen molar-refractivity contribution in [3.63, 3.8) is 0 Å². The smallest absolute Gasteiger partial charge is 0.338 e. The molecule has 0 bridgehead atoms. The Kier molecular flexibility index (Phi) is 2.83. The average molecular weight is 324 g/mol. The van der Waals surface area contributed by atoms with Crippen molar-refractivity contribution in [3.05, 3.63) is 47.5 Å². The van der Waals surface area contributed by atoms with E-state index in [0.29, 0.717) is 33.0 Å². The van der Waals surface area contributed by atoms with E-state index in [0.717, 1.165) is 0 Å². The fourth-order valence-corrected chi connectivity index (χ4v) is 3.02. The van der Waals surface area contributed by atoms with Crippen LogP contribution in [0.15, 0.2) is 36.4 Å². The zero-order chi connectivity index (χ0) is 17.0. The number of fused-ring (bicyclic) bond motifs is 2. The summed E-state index contributed by atoms with van der Waals surface area (Å²) in [4.78, 5) is 11.9. The molecule has 120 valence electrons. The third-order valence-corrected chi connectivity index (χ3v) is 4.17. The Balaban J connectivity index is 2.14. The standard InChI is InChI=1S/C18H12O6/c19-13-2-1-8(4-14(13)20)17-10-6-16(22)15(21)5-9(10)3-11-12(17)7-24-18(11)23/h1-6,19-22H,7H2. The first-order valence-corrected chi connectivity index (χ1v) is 7.16. The number of hydrogen-bond donors (Lipinski definition) is 4. The molecule has 0 aliphatic carbocycles. The molecular weight excluding hydrogens is 312 g/mol. The van der Waals surface area contributed by atoms with Crippen LogP contribution in [0, 0.1) is 0 Å². The third-order valence-electron chi connectivity index (χ3n) is 4.17. The topological polar surface area (TPSA) is 107 Å². The van der Waals surface area contributed by atoms with Gasteiger partial charge >= 0.3 is 5.97 Å². The number of phenolic OH excluding ortho intramolecular Hbond substituents is 4. The minimum Gasteiger partial charge on any atom is -0.504 e. The average Bonchev–Trinajstić information content (AvgIpc) is 2.90. The van der Waals surface area contributed by atoms with E-state index in [-0.39, 0.29) is 29.6 Å². The molecule has 3 aromatic carbocycles. The number of benzene rings is 3. The lowest BCUT2D eigenvalue weighted by Crippen LogP contribution is -1.95. The molecule has 0 radical (unpaired) electrons. The molecule has 0 unspecified atom stereocenters. The number of hydrogen-bond acceptors (Lipinski definition) is 6. The lowest BCUT2D eigenvalue weighted by Gasteiger charge is -2.13. The number of rotatable bonds is 1. The van der Waals surface area contributed by atoms with Crippen molar-refractivity contribution < 1.29 is 30.0 Å². The van der Waals surface area contributed by atoms with Gasteiger partial charge in [-0.3, -0.25) is 0 Å². The van der Waals surface area contributed by atoms with Gasteiger partial charge in [0.05, 0.1) is 5.56 Å². The van der Waals surface area contributed by atoms with Crippen molar-refractivity contribution in [2.45, 2.75) is 6.61 Å². The Morgan fingerprint density at radius 3 is 2.29 bits per heavy atom. The van der Waals surface area contributed by atoms with Crippen LogP contribution >= 0.6 is 0 Å². The molecule has 3 aromatic rings. The Labute approximate surface area is 135 Å². The quantitative estimate of drug-likeness (QED) is 0.405. The maximum absolute atomic E-state index is 11.9. The van der Waals surface area contributed by atoms with Crippen LogP contribution in [0.5, 0.6) is 23.0 Å². The summed E-state index contributed by atoms with van der Waals surface area (Å²) in [6, 6.07) is 8.66. The normalized spacial score (nSPS) is 13.1. The van der Waals surface area contributed by atoms with Gasteiger partial charge in [-0.1, -0.05) is 6.07 Å². The van der Waals surface area contributed by atoms with E-state index in [4.69, 9.17) is 4.74 Å². The minimum atomic E-state index is -0.469. The van der Waals surface area contributed by atoms with E-state index in [1.165, 1.54) is 24.3 Å². The van der Waals surface area contributed by atoms with Crippen LogP contribution in [-0.2, 0) is 11.3 Å². The van der Waals surface area contributed by atoms with Crippen molar-refractivity contribution >= 4 is 16.7 Å². The molecule has 0 atom stereocenters. The van der Waals surface area contributed by atoms with E-state index < -0.39 is 5.97 Å². The van der Waals surface area contributed by atoms with Crippen LogP contribution in [0.4, 0.5) is 0 Å². The van der Waals surface area contributed by atoms with Crippen LogP contribution in [0.3, 0.4) is 0 Å². The highest BCUT2D eigenvalue weighted by Gasteiger charge is 2.27. The van der Waals surface area contributed by atoms with Crippen LogP contribution < -0.4 is 0 Å². The van der Waals surface area contributed by atoms with E-state index >= 15 is 0 Å². The van der Waals surface area contributed by atoms with Gasteiger partial charge < -0.3 is 25.2 Å². The highest BCUT2D eigenvalue weighted by Crippen LogP contribution is 2.43. The molecule has 1 aliphatic rings.